The van der Waals surface area contributed by atoms with Crippen molar-refractivity contribution in [2.45, 2.75) is 13.0 Å². The van der Waals surface area contributed by atoms with E-state index in [1.165, 1.54) is 16.2 Å². The Bertz CT molecular complexity index is 803. The number of urea groups is 1. The predicted molar refractivity (Wildman–Crippen MR) is 100.0 cm³/mol. The molecule has 2 aromatic heterocycles. The zero-order valence-corrected chi connectivity index (χ0v) is 15.8. The third-order valence-electron chi connectivity index (χ3n) is 4.10. The SMILES string of the molecule is CCN1CCN(C(=O)NC[C@@H](O)c2ccc(-c3cccs3)s2)C(=O)C1=O. The van der Waals surface area contributed by atoms with Crippen LogP contribution in [0, 0.1) is 0 Å². The van der Waals surface area contributed by atoms with Gasteiger partial charge in [0.2, 0.25) is 0 Å². The van der Waals surface area contributed by atoms with E-state index in [0.717, 1.165) is 19.5 Å². The lowest BCUT2D eigenvalue weighted by Gasteiger charge is -2.31. The molecule has 0 spiro atoms. The molecular weight excluding hydrogens is 374 g/mol. The van der Waals surface area contributed by atoms with E-state index in [9.17, 15) is 19.5 Å². The first-order valence-electron chi connectivity index (χ1n) is 8.21. The summed E-state index contributed by atoms with van der Waals surface area (Å²) in [7, 11) is 0. The number of likely N-dealkylation sites (N-methyl/N-ethyl adjacent to an activating group) is 1. The summed E-state index contributed by atoms with van der Waals surface area (Å²) in [6.07, 6.45) is -0.875. The first-order valence-corrected chi connectivity index (χ1v) is 9.91. The molecule has 138 valence electrons. The van der Waals surface area contributed by atoms with Crippen LogP contribution in [0.4, 0.5) is 4.79 Å². The number of carbonyl (C=O) groups excluding carboxylic acids is 3. The second-order valence-electron chi connectivity index (χ2n) is 5.72. The Morgan fingerprint density at radius 1 is 1.23 bits per heavy atom. The number of imide groups is 1. The van der Waals surface area contributed by atoms with Gasteiger partial charge in [-0.3, -0.25) is 14.5 Å². The lowest BCUT2D eigenvalue weighted by molar-refractivity contribution is -0.153. The fourth-order valence-electron chi connectivity index (χ4n) is 2.63. The average molecular weight is 393 g/mol. The summed E-state index contributed by atoms with van der Waals surface area (Å²) in [4.78, 5) is 41.2. The van der Waals surface area contributed by atoms with E-state index in [-0.39, 0.29) is 13.1 Å². The highest BCUT2D eigenvalue weighted by molar-refractivity contribution is 7.21. The van der Waals surface area contributed by atoms with E-state index >= 15 is 0 Å². The lowest BCUT2D eigenvalue weighted by atomic mass is 10.2. The summed E-state index contributed by atoms with van der Waals surface area (Å²) in [5.41, 5.74) is 0. The number of rotatable bonds is 5. The Labute approximate surface area is 158 Å². The van der Waals surface area contributed by atoms with Crippen LogP contribution < -0.4 is 5.32 Å². The third-order valence-corrected chi connectivity index (χ3v) is 6.35. The highest BCUT2D eigenvalue weighted by atomic mass is 32.1. The van der Waals surface area contributed by atoms with Crippen LogP contribution in [0.5, 0.6) is 0 Å². The van der Waals surface area contributed by atoms with Crippen molar-refractivity contribution in [2.75, 3.05) is 26.2 Å². The van der Waals surface area contributed by atoms with E-state index in [2.05, 4.69) is 5.32 Å². The number of carbonyl (C=O) groups is 3. The second kappa shape index (κ2) is 7.98. The Hall–Kier alpha value is -2.23. The van der Waals surface area contributed by atoms with Gasteiger partial charge in [0.1, 0.15) is 6.10 Å². The molecule has 1 atom stereocenters. The molecule has 7 nitrogen and oxygen atoms in total. The van der Waals surface area contributed by atoms with E-state index in [4.69, 9.17) is 0 Å². The van der Waals surface area contributed by atoms with Crippen molar-refractivity contribution in [3.8, 4) is 9.75 Å². The van der Waals surface area contributed by atoms with Crippen LogP contribution in [0.2, 0.25) is 0 Å². The third kappa shape index (κ3) is 3.79. The smallest absolute Gasteiger partial charge is 0.324 e. The molecule has 1 aliphatic heterocycles. The monoisotopic (exact) mass is 393 g/mol. The molecule has 26 heavy (non-hydrogen) atoms. The molecule has 0 unspecified atom stereocenters. The van der Waals surface area contributed by atoms with Crippen molar-refractivity contribution in [3.05, 3.63) is 34.5 Å². The quantitative estimate of drug-likeness (QED) is 0.760. The minimum atomic E-state index is -0.875. The number of piperazine rings is 1. The van der Waals surface area contributed by atoms with Crippen LogP contribution in [-0.2, 0) is 9.59 Å². The molecule has 0 bridgehead atoms. The molecule has 2 N–H and O–H groups in total. The van der Waals surface area contributed by atoms with E-state index in [1.54, 1.807) is 18.3 Å². The molecule has 9 heteroatoms. The van der Waals surface area contributed by atoms with Crippen LogP contribution >= 0.6 is 22.7 Å². The van der Waals surface area contributed by atoms with Gasteiger partial charge in [-0.15, -0.1) is 22.7 Å². The number of aliphatic hydroxyl groups excluding tert-OH is 1. The highest BCUT2D eigenvalue weighted by Crippen LogP contribution is 2.33. The summed E-state index contributed by atoms with van der Waals surface area (Å²) in [6, 6.07) is 7.07. The standard InChI is InChI=1S/C17H19N3O4S2/c1-2-19-7-8-20(16(23)15(19)22)17(24)18-10-11(21)12-5-6-14(26-12)13-4-3-9-25-13/h3-6,9,11,21H,2,7-8,10H2,1H3,(H,18,24)/t11-/m1/s1. The van der Waals surface area contributed by atoms with Gasteiger partial charge in [0, 0.05) is 34.3 Å². The van der Waals surface area contributed by atoms with Crippen LogP contribution in [0.15, 0.2) is 29.6 Å². The minimum absolute atomic E-state index is 0.0291. The number of nitrogens with zero attached hydrogens (tertiary/aromatic N) is 2. The molecule has 1 fully saturated rings. The van der Waals surface area contributed by atoms with Crippen molar-refractivity contribution in [2.24, 2.45) is 0 Å². The Morgan fingerprint density at radius 3 is 2.73 bits per heavy atom. The van der Waals surface area contributed by atoms with Gasteiger partial charge in [-0.1, -0.05) is 6.07 Å². The van der Waals surface area contributed by atoms with Gasteiger partial charge in [0.05, 0.1) is 6.54 Å². The molecule has 1 aliphatic rings. The Morgan fingerprint density at radius 2 is 2.04 bits per heavy atom. The molecule has 3 rings (SSSR count). The number of nitrogens with one attached hydrogen (secondary N) is 1. The molecule has 0 aromatic carbocycles. The summed E-state index contributed by atoms with van der Waals surface area (Å²) in [6.45, 7) is 2.67. The molecule has 3 heterocycles. The largest absolute Gasteiger partial charge is 0.386 e. The molecule has 0 saturated carbocycles. The molecular formula is C17H19N3O4S2. The van der Waals surface area contributed by atoms with Gasteiger partial charge >= 0.3 is 17.8 Å². The van der Waals surface area contributed by atoms with Gasteiger partial charge in [0.25, 0.3) is 0 Å². The number of hydrogen-bond donors (Lipinski definition) is 2. The van der Waals surface area contributed by atoms with Crippen molar-refractivity contribution in [3.63, 3.8) is 0 Å². The van der Waals surface area contributed by atoms with Crippen molar-refractivity contribution in [1.82, 2.24) is 15.1 Å². The topological polar surface area (TPSA) is 89.9 Å². The fraction of sp³-hybridized carbons (Fsp3) is 0.353. The summed E-state index contributed by atoms with van der Waals surface area (Å²) < 4.78 is 0. The van der Waals surface area contributed by atoms with Gasteiger partial charge in [0.15, 0.2) is 0 Å². The molecule has 0 aliphatic carbocycles. The van der Waals surface area contributed by atoms with Gasteiger partial charge in [-0.05, 0) is 30.5 Å². The van der Waals surface area contributed by atoms with Crippen molar-refractivity contribution < 1.29 is 19.5 Å². The first-order chi connectivity index (χ1) is 12.5. The molecule has 0 radical (unpaired) electrons. The minimum Gasteiger partial charge on any atom is -0.386 e. The zero-order valence-electron chi connectivity index (χ0n) is 14.2. The maximum Gasteiger partial charge on any atom is 0.324 e. The lowest BCUT2D eigenvalue weighted by Crippen LogP contribution is -2.58. The summed E-state index contributed by atoms with van der Waals surface area (Å²) in [5.74, 6) is -1.51. The number of thiophene rings is 2. The maximum atomic E-state index is 12.2. The number of amides is 4. The maximum absolute atomic E-state index is 12.2. The first kappa shape index (κ1) is 18.6. The normalized spacial score (nSPS) is 16.1. The second-order valence-corrected chi connectivity index (χ2v) is 7.79. The van der Waals surface area contributed by atoms with Gasteiger partial charge < -0.3 is 15.3 Å². The number of hydrogen-bond acceptors (Lipinski definition) is 6. The van der Waals surface area contributed by atoms with E-state index in [1.807, 2.05) is 29.6 Å². The van der Waals surface area contributed by atoms with Crippen LogP contribution in [0.3, 0.4) is 0 Å². The van der Waals surface area contributed by atoms with Gasteiger partial charge in [-0.25, -0.2) is 4.79 Å². The summed E-state index contributed by atoms with van der Waals surface area (Å²) in [5, 5.41) is 14.8. The molecule has 2 aromatic rings. The van der Waals surface area contributed by atoms with Crippen LogP contribution in [0.1, 0.15) is 17.9 Å². The molecule has 1 saturated heterocycles. The van der Waals surface area contributed by atoms with Crippen LogP contribution in [0.25, 0.3) is 9.75 Å². The summed E-state index contributed by atoms with van der Waals surface area (Å²) >= 11 is 3.08. The fourth-order valence-corrected chi connectivity index (χ4v) is 4.46. The predicted octanol–water partition coefficient (Wildman–Crippen LogP) is 1.91. The van der Waals surface area contributed by atoms with Gasteiger partial charge in [-0.2, -0.15) is 0 Å². The van der Waals surface area contributed by atoms with E-state index in [0.29, 0.717) is 13.1 Å². The van der Waals surface area contributed by atoms with Crippen LogP contribution in [-0.4, -0.2) is 58.9 Å². The van der Waals surface area contributed by atoms with Crippen molar-refractivity contribution in [1.29, 1.82) is 0 Å². The van der Waals surface area contributed by atoms with E-state index < -0.39 is 23.9 Å². The van der Waals surface area contributed by atoms with Crippen molar-refractivity contribution >= 4 is 40.5 Å². The Kier molecular flexibility index (Phi) is 5.70. The zero-order chi connectivity index (χ0) is 18.7. The highest BCUT2D eigenvalue weighted by Gasteiger charge is 2.35. The Balaban J connectivity index is 1.56. The molecule has 4 amide bonds. The average Bonchev–Trinajstić information content (AvgIpc) is 3.32. The number of aliphatic hydroxyl groups is 1.